The van der Waals surface area contributed by atoms with Gasteiger partial charge in [-0.25, -0.2) is 13.2 Å². The molecule has 2 aromatic rings. The van der Waals surface area contributed by atoms with Crippen LogP contribution in [0.15, 0.2) is 53.4 Å². The third-order valence-corrected chi connectivity index (χ3v) is 7.05. The van der Waals surface area contributed by atoms with Crippen LogP contribution in [0.25, 0.3) is 0 Å². The van der Waals surface area contributed by atoms with Crippen molar-refractivity contribution in [1.29, 1.82) is 0 Å². The fourth-order valence-corrected chi connectivity index (χ4v) is 4.87. The Hall–Kier alpha value is -2.22. The highest BCUT2D eigenvalue weighted by molar-refractivity contribution is 7.89. The van der Waals surface area contributed by atoms with E-state index >= 15 is 0 Å². The number of quaternary nitrogens is 1. The molecule has 0 aromatic heterocycles. The highest BCUT2D eigenvalue weighted by Gasteiger charge is 2.30. The maximum atomic E-state index is 12.9. The number of esters is 1. The summed E-state index contributed by atoms with van der Waals surface area (Å²) in [5.74, 6) is -0.445. The van der Waals surface area contributed by atoms with Gasteiger partial charge in [-0.05, 0) is 43.7 Å². The van der Waals surface area contributed by atoms with E-state index in [9.17, 15) is 13.2 Å². The van der Waals surface area contributed by atoms with E-state index in [2.05, 4.69) is 19.1 Å². The minimum atomic E-state index is -3.55. The Bertz CT molecular complexity index is 918. The molecule has 2 aromatic carbocycles. The normalized spacial score (nSPS) is 16.1. The van der Waals surface area contributed by atoms with Gasteiger partial charge in [0.15, 0.2) is 0 Å². The quantitative estimate of drug-likeness (QED) is 0.738. The average molecular weight is 404 g/mol. The maximum Gasteiger partial charge on any atom is 0.338 e. The van der Waals surface area contributed by atoms with Crippen molar-refractivity contribution in [2.24, 2.45) is 0 Å². The molecule has 0 spiro atoms. The molecular weight excluding hydrogens is 376 g/mol. The van der Waals surface area contributed by atoms with Crippen molar-refractivity contribution in [2.45, 2.75) is 25.3 Å². The van der Waals surface area contributed by atoms with Gasteiger partial charge in [0.2, 0.25) is 10.0 Å². The molecule has 0 unspecified atom stereocenters. The van der Waals surface area contributed by atoms with Crippen LogP contribution in [0.5, 0.6) is 0 Å². The zero-order valence-electron chi connectivity index (χ0n) is 16.3. The van der Waals surface area contributed by atoms with E-state index in [1.165, 1.54) is 44.6 Å². The number of nitrogens with zero attached hydrogens (tertiary/aromatic N) is 1. The van der Waals surface area contributed by atoms with Gasteiger partial charge in [0.05, 0.1) is 43.2 Å². The Morgan fingerprint density at radius 1 is 1.07 bits per heavy atom. The molecule has 0 atom stereocenters. The first kappa shape index (κ1) is 20.5. The highest BCUT2D eigenvalue weighted by Crippen LogP contribution is 2.17. The van der Waals surface area contributed by atoms with Crippen LogP contribution < -0.4 is 4.90 Å². The van der Waals surface area contributed by atoms with E-state index in [4.69, 9.17) is 4.74 Å². The summed E-state index contributed by atoms with van der Waals surface area (Å²) in [4.78, 5) is 13.3. The number of carbonyl (C=O) groups is 1. The number of benzene rings is 2. The molecule has 0 amide bonds. The first-order chi connectivity index (χ1) is 13.4. The monoisotopic (exact) mass is 403 g/mol. The summed E-state index contributed by atoms with van der Waals surface area (Å²) in [5.41, 5.74) is 2.93. The molecule has 3 rings (SSSR count). The molecule has 7 heteroatoms. The largest absolute Gasteiger partial charge is 0.462 e. The summed E-state index contributed by atoms with van der Waals surface area (Å²) >= 11 is 0. The molecule has 28 heavy (non-hydrogen) atoms. The molecule has 0 aliphatic carbocycles. The van der Waals surface area contributed by atoms with Crippen molar-refractivity contribution in [2.75, 3.05) is 32.8 Å². The lowest BCUT2D eigenvalue weighted by Gasteiger charge is -2.31. The number of hydrogen-bond acceptors (Lipinski definition) is 4. The molecule has 150 valence electrons. The molecule has 1 fully saturated rings. The summed E-state index contributed by atoms with van der Waals surface area (Å²) in [6, 6.07) is 14.3. The Kier molecular flexibility index (Phi) is 6.49. The zero-order chi connectivity index (χ0) is 20.1. The number of nitrogens with one attached hydrogen (secondary N) is 1. The first-order valence-electron chi connectivity index (χ1n) is 9.57. The van der Waals surface area contributed by atoms with Gasteiger partial charge in [-0.1, -0.05) is 24.3 Å². The second kappa shape index (κ2) is 8.86. The van der Waals surface area contributed by atoms with Crippen LogP contribution >= 0.6 is 0 Å². The predicted molar refractivity (Wildman–Crippen MR) is 107 cm³/mol. The first-order valence-corrected chi connectivity index (χ1v) is 11.0. The van der Waals surface area contributed by atoms with Crippen LogP contribution in [-0.2, 0) is 21.3 Å². The summed E-state index contributed by atoms with van der Waals surface area (Å²) < 4.78 is 32.3. The molecule has 1 saturated heterocycles. The SMILES string of the molecule is CCOC(=O)c1ccc(S(=O)(=O)N2CC[NH+](Cc3ccccc3C)CC2)cc1. The third kappa shape index (κ3) is 4.60. The fourth-order valence-electron chi connectivity index (χ4n) is 3.42. The van der Waals surface area contributed by atoms with Crippen LogP contribution in [-0.4, -0.2) is 51.5 Å². The lowest BCUT2D eigenvalue weighted by molar-refractivity contribution is -0.917. The van der Waals surface area contributed by atoms with Gasteiger partial charge in [-0.3, -0.25) is 0 Å². The highest BCUT2D eigenvalue weighted by atomic mass is 32.2. The van der Waals surface area contributed by atoms with Crippen molar-refractivity contribution in [3.8, 4) is 0 Å². The molecule has 1 heterocycles. The summed E-state index contributed by atoms with van der Waals surface area (Å²) in [5, 5.41) is 0. The standard InChI is InChI=1S/C21H26N2O4S/c1-3-27-21(24)18-8-10-20(11-9-18)28(25,26)23-14-12-22(13-15-23)16-19-7-5-4-6-17(19)2/h4-11H,3,12-16H2,1-2H3/p+1. The lowest BCUT2D eigenvalue weighted by atomic mass is 10.1. The lowest BCUT2D eigenvalue weighted by Crippen LogP contribution is -3.13. The Morgan fingerprint density at radius 3 is 2.32 bits per heavy atom. The smallest absolute Gasteiger partial charge is 0.338 e. The van der Waals surface area contributed by atoms with Crippen LogP contribution in [0.2, 0.25) is 0 Å². The van der Waals surface area contributed by atoms with Crippen molar-refractivity contribution in [3.05, 3.63) is 65.2 Å². The van der Waals surface area contributed by atoms with Crippen molar-refractivity contribution in [1.82, 2.24) is 4.31 Å². The Morgan fingerprint density at radius 2 is 1.71 bits per heavy atom. The van der Waals surface area contributed by atoms with Crippen molar-refractivity contribution >= 4 is 16.0 Å². The zero-order valence-corrected chi connectivity index (χ0v) is 17.2. The van der Waals surface area contributed by atoms with Crippen LogP contribution in [0, 0.1) is 6.92 Å². The predicted octanol–water partition coefficient (Wildman–Crippen LogP) is 1.26. The number of hydrogen-bond donors (Lipinski definition) is 1. The van der Waals surface area contributed by atoms with Gasteiger partial charge in [0.25, 0.3) is 0 Å². The minimum Gasteiger partial charge on any atom is -0.462 e. The van der Waals surface area contributed by atoms with Gasteiger partial charge in [0.1, 0.15) is 6.54 Å². The second-order valence-corrected chi connectivity index (χ2v) is 8.94. The van der Waals surface area contributed by atoms with Crippen molar-refractivity contribution < 1.29 is 22.8 Å². The number of ether oxygens (including phenoxy) is 1. The summed E-state index contributed by atoms with van der Waals surface area (Å²) in [6.45, 7) is 7.56. The van der Waals surface area contributed by atoms with E-state index in [0.717, 1.165) is 19.6 Å². The topological polar surface area (TPSA) is 68.1 Å². The van der Waals surface area contributed by atoms with Crippen LogP contribution in [0.4, 0.5) is 0 Å². The molecule has 0 bridgehead atoms. The van der Waals surface area contributed by atoms with Gasteiger partial charge in [0, 0.05) is 5.56 Å². The number of aryl methyl sites for hydroxylation is 1. The van der Waals surface area contributed by atoms with Gasteiger partial charge in [-0.2, -0.15) is 4.31 Å². The van der Waals surface area contributed by atoms with Gasteiger partial charge in [-0.15, -0.1) is 0 Å². The number of carbonyl (C=O) groups excluding carboxylic acids is 1. The molecule has 1 aliphatic rings. The summed E-state index contributed by atoms with van der Waals surface area (Å²) in [7, 11) is -3.55. The molecule has 1 N–H and O–H groups in total. The van der Waals surface area contributed by atoms with E-state index in [1.807, 2.05) is 12.1 Å². The molecule has 0 radical (unpaired) electrons. The van der Waals surface area contributed by atoms with E-state index in [-0.39, 0.29) is 11.5 Å². The van der Waals surface area contributed by atoms with Crippen molar-refractivity contribution in [3.63, 3.8) is 0 Å². The number of piperazine rings is 1. The van der Waals surface area contributed by atoms with Crippen LogP contribution in [0.3, 0.4) is 0 Å². The fraction of sp³-hybridized carbons (Fsp3) is 0.381. The second-order valence-electron chi connectivity index (χ2n) is 7.00. The van der Waals surface area contributed by atoms with E-state index < -0.39 is 16.0 Å². The molecule has 1 aliphatic heterocycles. The summed E-state index contributed by atoms with van der Waals surface area (Å²) in [6.07, 6.45) is 0. The van der Waals surface area contributed by atoms with Gasteiger partial charge >= 0.3 is 5.97 Å². The Labute approximate surface area is 166 Å². The minimum absolute atomic E-state index is 0.211. The molecular formula is C21H27N2O4S+. The Balaban J connectivity index is 1.63. The van der Waals surface area contributed by atoms with E-state index in [0.29, 0.717) is 18.7 Å². The third-order valence-electron chi connectivity index (χ3n) is 5.13. The average Bonchev–Trinajstić information content (AvgIpc) is 2.70. The molecule has 6 nitrogen and oxygen atoms in total. The number of sulfonamides is 1. The maximum absolute atomic E-state index is 12.9. The molecule has 0 saturated carbocycles. The number of rotatable bonds is 6. The van der Waals surface area contributed by atoms with Gasteiger partial charge < -0.3 is 9.64 Å². The van der Waals surface area contributed by atoms with E-state index in [1.54, 1.807) is 6.92 Å². The van der Waals surface area contributed by atoms with Crippen LogP contribution in [0.1, 0.15) is 28.4 Å².